The Bertz CT molecular complexity index is 2050. The molecule has 2 aromatic heterocycles. The third kappa shape index (κ3) is 4.60. The average Bonchev–Trinajstić information content (AvgIpc) is 3.35. The summed E-state index contributed by atoms with van der Waals surface area (Å²) in [6.45, 7) is 9.66. The zero-order valence-electron chi connectivity index (χ0n) is 26.5. The zero-order valence-corrected chi connectivity index (χ0v) is 24.5. The van der Waals surface area contributed by atoms with E-state index in [-0.39, 0.29) is 0 Å². The quantitative estimate of drug-likeness (QED) is 0.205. The molecule has 0 fully saturated rings. The Kier molecular flexibility index (Phi) is 6.11. The van der Waals surface area contributed by atoms with E-state index in [1.165, 1.54) is 0 Å². The van der Waals surface area contributed by atoms with Crippen LogP contribution in [-0.4, -0.2) is 0 Å². The molecule has 0 radical (unpaired) electrons. The monoisotopic (exact) mass is 537 g/mol. The molecule has 0 saturated heterocycles. The molecular formula is C38H35N2O+. The number of fused-ring (bicyclic) bond motifs is 3. The number of nitrogens with zero attached hydrogens (tertiary/aromatic N) is 2. The Morgan fingerprint density at radius 3 is 1.88 bits per heavy atom. The van der Waals surface area contributed by atoms with Crippen LogP contribution in [0.25, 0.3) is 55.4 Å². The van der Waals surface area contributed by atoms with Crippen LogP contribution in [0.3, 0.4) is 0 Å². The molecule has 6 rings (SSSR count). The zero-order chi connectivity index (χ0) is 30.7. The summed E-state index contributed by atoms with van der Waals surface area (Å²) < 4.78 is 25.7. The SMILES string of the molecule is [2H]C(C)(C)c1ccc(-c2ccc(-c3c(C#N)ccc4c3oc3c(-c5cc(C([2H])(C)C)cc[n+]5C)c(C)ccc34)cc2)cc1. The molecule has 0 saturated carbocycles. The van der Waals surface area contributed by atoms with E-state index in [1.807, 2.05) is 83.4 Å². The molecule has 0 N–H and O–H groups in total. The van der Waals surface area contributed by atoms with Crippen LogP contribution in [0.2, 0.25) is 0 Å². The lowest BCUT2D eigenvalue weighted by Crippen LogP contribution is -2.31. The third-order valence-corrected chi connectivity index (χ3v) is 8.09. The Morgan fingerprint density at radius 1 is 0.707 bits per heavy atom. The fourth-order valence-corrected chi connectivity index (χ4v) is 5.65. The first kappa shape index (κ1) is 24.1. The van der Waals surface area contributed by atoms with Crippen LogP contribution in [0.15, 0.2) is 95.5 Å². The summed E-state index contributed by atoms with van der Waals surface area (Å²) in [6.07, 6.45) is 2.00. The van der Waals surface area contributed by atoms with E-state index in [0.717, 1.165) is 66.6 Å². The van der Waals surface area contributed by atoms with Crippen molar-refractivity contribution in [3.8, 4) is 39.6 Å². The molecule has 0 aliphatic rings. The molecular weight excluding hydrogens is 500 g/mol. The Balaban J connectivity index is 1.52. The van der Waals surface area contributed by atoms with Crippen LogP contribution < -0.4 is 4.57 Å². The van der Waals surface area contributed by atoms with Gasteiger partial charge in [-0.05, 0) is 64.2 Å². The number of rotatable bonds is 5. The first-order valence-electron chi connectivity index (χ1n) is 15.0. The molecule has 3 nitrogen and oxygen atoms in total. The molecule has 0 amide bonds. The van der Waals surface area contributed by atoms with Gasteiger partial charge in [-0.1, -0.05) is 88.4 Å². The lowest BCUT2D eigenvalue weighted by molar-refractivity contribution is -0.660. The summed E-state index contributed by atoms with van der Waals surface area (Å²) in [4.78, 5) is 0. The van der Waals surface area contributed by atoms with Crippen LogP contribution in [0.4, 0.5) is 0 Å². The van der Waals surface area contributed by atoms with Gasteiger partial charge in [-0.25, -0.2) is 4.57 Å². The second kappa shape index (κ2) is 10.4. The Morgan fingerprint density at radius 2 is 1.27 bits per heavy atom. The van der Waals surface area contributed by atoms with Gasteiger partial charge in [0.25, 0.3) is 0 Å². The summed E-state index contributed by atoms with van der Waals surface area (Å²) in [7, 11) is 2.01. The number of furan rings is 1. The molecule has 4 aromatic carbocycles. The van der Waals surface area contributed by atoms with Gasteiger partial charge < -0.3 is 4.42 Å². The highest BCUT2D eigenvalue weighted by Crippen LogP contribution is 2.42. The summed E-state index contributed by atoms with van der Waals surface area (Å²) in [6, 6.07) is 30.9. The average molecular weight is 538 g/mol. The fraction of sp³-hybridized carbons (Fsp3) is 0.211. The molecule has 0 aliphatic carbocycles. The van der Waals surface area contributed by atoms with Crippen molar-refractivity contribution < 1.29 is 11.7 Å². The van der Waals surface area contributed by atoms with Gasteiger partial charge in [0.05, 0.1) is 17.2 Å². The number of aromatic nitrogens is 1. The van der Waals surface area contributed by atoms with Crippen molar-refractivity contribution in [2.45, 2.75) is 46.4 Å². The molecule has 41 heavy (non-hydrogen) atoms. The highest BCUT2D eigenvalue weighted by atomic mass is 16.3. The maximum absolute atomic E-state index is 10.1. The number of pyridine rings is 1. The van der Waals surface area contributed by atoms with Crippen molar-refractivity contribution in [2.24, 2.45) is 7.05 Å². The predicted octanol–water partition coefficient (Wildman–Crippen LogP) is 9.84. The van der Waals surface area contributed by atoms with Crippen molar-refractivity contribution in [3.05, 3.63) is 113 Å². The minimum Gasteiger partial charge on any atom is -0.454 e. The molecule has 6 aromatic rings. The van der Waals surface area contributed by atoms with Crippen LogP contribution >= 0.6 is 0 Å². The lowest BCUT2D eigenvalue weighted by atomic mass is 9.94. The summed E-state index contributed by atoms with van der Waals surface area (Å²) in [5.74, 6) is -1.38. The molecule has 0 bridgehead atoms. The second-order valence-corrected chi connectivity index (χ2v) is 11.3. The highest BCUT2D eigenvalue weighted by Gasteiger charge is 2.24. The van der Waals surface area contributed by atoms with Gasteiger partial charge in [0.2, 0.25) is 5.69 Å². The maximum Gasteiger partial charge on any atom is 0.216 e. The summed E-state index contributed by atoms with van der Waals surface area (Å²) in [5.41, 5.74) is 10.8. The van der Waals surface area contributed by atoms with Crippen molar-refractivity contribution in [1.82, 2.24) is 0 Å². The second-order valence-electron chi connectivity index (χ2n) is 11.3. The summed E-state index contributed by atoms with van der Waals surface area (Å²) in [5, 5.41) is 12.1. The van der Waals surface area contributed by atoms with Crippen LogP contribution in [0, 0.1) is 18.3 Å². The van der Waals surface area contributed by atoms with Crippen LogP contribution in [0.5, 0.6) is 0 Å². The van der Waals surface area contributed by atoms with Gasteiger partial charge in [-0.15, -0.1) is 0 Å². The topological polar surface area (TPSA) is 40.8 Å². The third-order valence-electron chi connectivity index (χ3n) is 8.09. The van der Waals surface area contributed by atoms with Gasteiger partial charge in [0, 0.05) is 31.2 Å². The number of nitriles is 1. The van der Waals surface area contributed by atoms with Gasteiger partial charge in [-0.3, -0.25) is 0 Å². The van der Waals surface area contributed by atoms with Crippen molar-refractivity contribution in [1.29, 1.82) is 5.26 Å². The standard InChI is InChI=1S/C38H35N2O/c1-23(2)26-8-10-27(11-9-26)28-12-14-29(15-13-28)36-31(22-39)16-18-33-32-17-7-25(5)35(37(32)41-38(33)36)34-21-30(24(3)4)19-20-40(34)6/h7-21,23-24H,1-6H3/q+1/i23D,24D. The minimum absolute atomic E-state index is 0.558. The van der Waals surface area contributed by atoms with E-state index in [0.29, 0.717) is 11.1 Å². The van der Waals surface area contributed by atoms with Gasteiger partial charge >= 0.3 is 0 Å². The largest absolute Gasteiger partial charge is 0.454 e. The number of aryl methyl sites for hydroxylation is 2. The van der Waals surface area contributed by atoms with Crippen LogP contribution in [0.1, 0.15) is 64.5 Å². The summed E-state index contributed by atoms with van der Waals surface area (Å²) >= 11 is 0. The molecule has 0 unspecified atom stereocenters. The van der Waals surface area contributed by atoms with E-state index in [2.05, 4.69) is 60.0 Å². The molecule has 0 aliphatic heterocycles. The fourth-order valence-electron chi connectivity index (χ4n) is 5.65. The van der Waals surface area contributed by atoms with Gasteiger partial charge in [-0.2, -0.15) is 5.26 Å². The van der Waals surface area contributed by atoms with E-state index in [4.69, 9.17) is 7.16 Å². The van der Waals surface area contributed by atoms with Gasteiger partial charge in [0.1, 0.15) is 18.2 Å². The maximum atomic E-state index is 10.1. The van der Waals surface area contributed by atoms with Crippen LogP contribution in [-0.2, 0) is 7.05 Å². The molecule has 0 spiro atoms. The van der Waals surface area contributed by atoms with E-state index in [1.54, 1.807) is 0 Å². The lowest BCUT2D eigenvalue weighted by Gasteiger charge is -2.09. The first-order chi connectivity index (χ1) is 20.4. The number of hydrogen-bond donors (Lipinski definition) is 0. The van der Waals surface area contributed by atoms with E-state index in [9.17, 15) is 5.26 Å². The van der Waals surface area contributed by atoms with Crippen molar-refractivity contribution in [3.63, 3.8) is 0 Å². The van der Waals surface area contributed by atoms with Crippen molar-refractivity contribution >= 4 is 21.9 Å². The minimum atomic E-state index is -0.736. The van der Waals surface area contributed by atoms with Gasteiger partial charge in [0.15, 0.2) is 6.20 Å². The van der Waals surface area contributed by atoms with E-state index >= 15 is 0 Å². The number of benzene rings is 4. The Hall–Kier alpha value is -4.68. The molecule has 0 atom stereocenters. The normalized spacial score (nSPS) is 12.8. The molecule has 2 heterocycles. The number of hydrogen-bond acceptors (Lipinski definition) is 2. The highest BCUT2D eigenvalue weighted by molar-refractivity contribution is 6.14. The first-order valence-corrected chi connectivity index (χ1v) is 14.0. The van der Waals surface area contributed by atoms with Crippen molar-refractivity contribution in [2.75, 3.05) is 0 Å². The smallest absolute Gasteiger partial charge is 0.216 e. The van der Waals surface area contributed by atoms with E-state index < -0.39 is 11.8 Å². The Labute approximate surface area is 245 Å². The molecule has 202 valence electrons. The predicted molar refractivity (Wildman–Crippen MR) is 169 cm³/mol. The molecule has 3 heteroatoms.